The van der Waals surface area contributed by atoms with Gasteiger partial charge in [-0.2, -0.15) is 0 Å². The van der Waals surface area contributed by atoms with Crippen LogP contribution in [0, 0.1) is 5.41 Å². The van der Waals surface area contributed by atoms with Gasteiger partial charge in [0.2, 0.25) is 11.8 Å². The minimum absolute atomic E-state index is 0.204. The molecule has 0 saturated carbocycles. The van der Waals surface area contributed by atoms with E-state index in [4.69, 9.17) is 0 Å². The Morgan fingerprint density at radius 2 is 1.68 bits per heavy atom. The van der Waals surface area contributed by atoms with E-state index in [9.17, 15) is 14.7 Å². The molecule has 1 aliphatic rings. The molecule has 0 aliphatic carbocycles. The summed E-state index contributed by atoms with van der Waals surface area (Å²) in [5.41, 5.74) is 0.493. The number of imide groups is 1. The lowest BCUT2D eigenvalue weighted by atomic mass is 9.81. The van der Waals surface area contributed by atoms with Gasteiger partial charge in [0.15, 0.2) is 0 Å². The number of aliphatic hydroxyl groups is 1. The fourth-order valence-corrected chi connectivity index (χ4v) is 2.55. The lowest BCUT2D eigenvalue weighted by Gasteiger charge is -2.38. The fraction of sp³-hybridized carbons (Fsp3) is 0.467. The third-order valence-electron chi connectivity index (χ3n) is 3.47. The number of hydrogen-bond donors (Lipinski definition) is 1. The van der Waals surface area contributed by atoms with Crippen molar-refractivity contribution in [2.45, 2.75) is 32.7 Å². The minimum Gasteiger partial charge on any atom is -0.394 e. The smallest absolute Gasteiger partial charge is 0.230 e. The summed E-state index contributed by atoms with van der Waals surface area (Å²) in [7, 11) is 0. The van der Waals surface area contributed by atoms with Gasteiger partial charge < -0.3 is 5.11 Å². The maximum absolute atomic E-state index is 12.2. The maximum atomic E-state index is 12.2. The highest BCUT2D eigenvalue weighted by molar-refractivity contribution is 5.99. The van der Waals surface area contributed by atoms with E-state index >= 15 is 0 Å². The van der Waals surface area contributed by atoms with Gasteiger partial charge >= 0.3 is 0 Å². The Kier molecular flexibility index (Phi) is 3.71. The number of likely N-dealkylation sites (tertiary alicyclic amines) is 1. The number of rotatable bonds is 3. The Labute approximate surface area is 113 Å². The van der Waals surface area contributed by atoms with Gasteiger partial charge in [0.1, 0.15) is 0 Å². The average Bonchev–Trinajstić information content (AvgIpc) is 2.33. The van der Waals surface area contributed by atoms with Crippen LogP contribution in [0.1, 0.15) is 38.3 Å². The van der Waals surface area contributed by atoms with Gasteiger partial charge in [0.05, 0.1) is 12.6 Å². The molecule has 0 spiro atoms. The molecule has 1 aliphatic heterocycles. The molecule has 0 aromatic heterocycles. The Balaban J connectivity index is 2.29. The summed E-state index contributed by atoms with van der Waals surface area (Å²) in [5.74, 6) is -0.409. The molecule has 1 aromatic carbocycles. The molecule has 4 heteroatoms. The average molecular weight is 261 g/mol. The molecule has 0 radical (unpaired) electrons. The molecule has 1 saturated heterocycles. The zero-order chi connectivity index (χ0) is 14.0. The highest BCUT2D eigenvalue weighted by atomic mass is 16.3. The predicted octanol–water partition coefficient (Wildman–Crippen LogP) is 1.90. The van der Waals surface area contributed by atoms with Gasteiger partial charge in [-0.1, -0.05) is 44.2 Å². The third kappa shape index (κ3) is 2.84. The highest BCUT2D eigenvalue weighted by Gasteiger charge is 2.40. The van der Waals surface area contributed by atoms with E-state index in [1.807, 2.05) is 44.2 Å². The number of carbonyl (C=O) groups is 2. The first-order chi connectivity index (χ1) is 8.94. The van der Waals surface area contributed by atoms with Crippen molar-refractivity contribution in [1.29, 1.82) is 0 Å². The van der Waals surface area contributed by atoms with Gasteiger partial charge in [-0.15, -0.1) is 0 Å². The van der Waals surface area contributed by atoms with Crippen LogP contribution in [0.4, 0.5) is 0 Å². The number of piperidine rings is 1. The van der Waals surface area contributed by atoms with Crippen molar-refractivity contribution < 1.29 is 14.7 Å². The van der Waals surface area contributed by atoms with E-state index in [-0.39, 0.29) is 23.8 Å². The molecule has 1 heterocycles. The van der Waals surface area contributed by atoms with Crippen molar-refractivity contribution in [3.63, 3.8) is 0 Å². The molecule has 0 bridgehead atoms. The highest BCUT2D eigenvalue weighted by Crippen LogP contribution is 2.35. The number of hydrogen-bond acceptors (Lipinski definition) is 3. The lowest BCUT2D eigenvalue weighted by Crippen LogP contribution is -2.48. The topological polar surface area (TPSA) is 57.6 Å². The van der Waals surface area contributed by atoms with E-state index in [0.29, 0.717) is 12.8 Å². The normalized spacial score (nSPS) is 20.5. The van der Waals surface area contributed by atoms with Crippen LogP contribution in [0.2, 0.25) is 0 Å². The maximum Gasteiger partial charge on any atom is 0.230 e. The minimum atomic E-state index is -0.572. The van der Waals surface area contributed by atoms with Crippen LogP contribution in [0.3, 0.4) is 0 Å². The zero-order valence-electron chi connectivity index (χ0n) is 11.3. The number of carbonyl (C=O) groups excluding carboxylic acids is 2. The van der Waals surface area contributed by atoms with Gasteiger partial charge in [-0.25, -0.2) is 0 Å². The quantitative estimate of drug-likeness (QED) is 0.845. The Morgan fingerprint density at radius 3 is 2.16 bits per heavy atom. The molecular formula is C15H19NO3. The van der Waals surface area contributed by atoms with E-state index in [2.05, 4.69) is 0 Å². The summed E-state index contributed by atoms with van der Waals surface area (Å²) in [4.78, 5) is 25.6. The van der Waals surface area contributed by atoms with E-state index < -0.39 is 6.04 Å². The van der Waals surface area contributed by atoms with Crippen molar-refractivity contribution in [3.8, 4) is 0 Å². The summed E-state index contributed by atoms with van der Waals surface area (Å²) in [6, 6.07) is 8.60. The number of benzene rings is 1. The van der Waals surface area contributed by atoms with Crippen LogP contribution in [0.5, 0.6) is 0 Å². The zero-order valence-corrected chi connectivity index (χ0v) is 11.3. The van der Waals surface area contributed by atoms with Gasteiger partial charge in [-0.3, -0.25) is 14.5 Å². The standard InChI is InChI=1S/C15H19NO3/c1-15(2)8-13(18)16(14(19)9-15)12(10-17)11-6-4-3-5-7-11/h3-7,12,17H,8-10H2,1-2H3/t12-/m1/s1. The van der Waals surface area contributed by atoms with Crippen LogP contribution in [0.25, 0.3) is 0 Å². The van der Waals surface area contributed by atoms with Gasteiger partial charge in [0, 0.05) is 12.8 Å². The summed E-state index contributed by atoms with van der Waals surface area (Å²) in [5, 5.41) is 9.55. The Hall–Kier alpha value is -1.68. The van der Waals surface area contributed by atoms with Crippen LogP contribution in [0.15, 0.2) is 30.3 Å². The van der Waals surface area contributed by atoms with Crippen LogP contribution >= 0.6 is 0 Å². The monoisotopic (exact) mass is 261 g/mol. The molecule has 0 unspecified atom stereocenters. The lowest BCUT2D eigenvalue weighted by molar-refractivity contribution is -0.156. The Morgan fingerprint density at radius 1 is 1.16 bits per heavy atom. The van der Waals surface area contributed by atoms with Crippen molar-refractivity contribution in [2.24, 2.45) is 5.41 Å². The molecular weight excluding hydrogens is 242 g/mol. The molecule has 102 valence electrons. The molecule has 2 rings (SSSR count). The molecule has 1 atom stereocenters. The Bertz CT molecular complexity index is 461. The second-order valence-corrected chi connectivity index (χ2v) is 5.78. The first-order valence-electron chi connectivity index (χ1n) is 6.45. The van der Waals surface area contributed by atoms with Crippen molar-refractivity contribution >= 4 is 11.8 Å². The molecule has 19 heavy (non-hydrogen) atoms. The summed E-state index contributed by atoms with van der Waals surface area (Å²) in [6.07, 6.45) is 0.671. The molecule has 2 amide bonds. The van der Waals surface area contributed by atoms with E-state index in [1.165, 1.54) is 4.90 Å². The summed E-state index contributed by atoms with van der Waals surface area (Å²) < 4.78 is 0. The van der Waals surface area contributed by atoms with Gasteiger partial charge in [-0.05, 0) is 11.0 Å². The second-order valence-electron chi connectivity index (χ2n) is 5.78. The van der Waals surface area contributed by atoms with Crippen LogP contribution < -0.4 is 0 Å². The van der Waals surface area contributed by atoms with Crippen molar-refractivity contribution in [2.75, 3.05) is 6.61 Å². The van der Waals surface area contributed by atoms with Crippen molar-refractivity contribution in [3.05, 3.63) is 35.9 Å². The predicted molar refractivity (Wildman–Crippen MR) is 71.1 cm³/mol. The SMILES string of the molecule is CC1(C)CC(=O)N([C@H](CO)c2ccccc2)C(=O)C1. The fourth-order valence-electron chi connectivity index (χ4n) is 2.55. The van der Waals surface area contributed by atoms with Crippen LogP contribution in [-0.2, 0) is 9.59 Å². The number of nitrogens with zero attached hydrogens (tertiary/aromatic N) is 1. The molecule has 1 N–H and O–H groups in total. The second kappa shape index (κ2) is 5.13. The summed E-state index contributed by atoms with van der Waals surface area (Å²) >= 11 is 0. The number of aliphatic hydroxyl groups excluding tert-OH is 1. The van der Waals surface area contributed by atoms with Crippen LogP contribution in [-0.4, -0.2) is 28.4 Å². The first kappa shape index (κ1) is 13.7. The molecule has 1 fully saturated rings. The molecule has 4 nitrogen and oxygen atoms in total. The van der Waals surface area contributed by atoms with Gasteiger partial charge in [0.25, 0.3) is 0 Å². The third-order valence-corrected chi connectivity index (χ3v) is 3.47. The van der Waals surface area contributed by atoms with E-state index in [0.717, 1.165) is 5.56 Å². The van der Waals surface area contributed by atoms with E-state index in [1.54, 1.807) is 0 Å². The van der Waals surface area contributed by atoms with Crippen molar-refractivity contribution in [1.82, 2.24) is 4.90 Å². The summed E-state index contributed by atoms with van der Waals surface area (Å²) in [6.45, 7) is 3.58. The largest absolute Gasteiger partial charge is 0.394 e. The number of amides is 2. The molecule has 1 aromatic rings. The first-order valence-corrected chi connectivity index (χ1v) is 6.45.